The van der Waals surface area contributed by atoms with E-state index in [1.54, 1.807) is 0 Å². The first-order valence-electron chi connectivity index (χ1n) is 10.8. The largest absolute Gasteiger partial charge is 4.00 e. The van der Waals surface area contributed by atoms with E-state index in [-0.39, 0.29) is 63.2 Å². The molecular formula is C24H40Cl2O2Si2Zr. The molecular weight excluding hydrogens is 539 g/mol. The number of hydrogen-bond donors (Lipinski definition) is 0. The fourth-order valence-electron chi connectivity index (χ4n) is 4.31. The molecule has 174 valence electrons. The fourth-order valence-corrected chi connectivity index (χ4v) is 6.89. The zero-order valence-electron chi connectivity index (χ0n) is 20.8. The van der Waals surface area contributed by atoms with E-state index in [2.05, 4.69) is 84.4 Å². The number of rotatable bonds is 10. The van der Waals surface area contributed by atoms with Gasteiger partial charge >= 0.3 is 26.2 Å². The Hall–Kier alpha value is 0.777. The van der Waals surface area contributed by atoms with Gasteiger partial charge in [0.1, 0.15) is 0 Å². The van der Waals surface area contributed by atoms with Crippen LogP contribution >= 0.6 is 0 Å². The molecule has 7 heteroatoms. The van der Waals surface area contributed by atoms with E-state index in [0.717, 1.165) is 25.7 Å². The Kier molecular flexibility index (Phi) is 15.6. The van der Waals surface area contributed by atoms with Crippen molar-refractivity contribution >= 4 is 16.6 Å². The maximum atomic E-state index is 6.28. The fraction of sp³-hybridized carbons (Fsp3) is 0.667. The predicted octanol–water partition coefficient (Wildman–Crippen LogP) is 1.01. The molecule has 0 aliphatic heterocycles. The SMILES string of the molecule is CC(CC1=[C-]CC=C1C(C)C1=CC[C-]=C1CC(C)O[Si](C)(C)C)O[Si](C)(C)C.[Cl-].[Cl-].[Zr+4]. The second-order valence-electron chi connectivity index (χ2n) is 10.2. The van der Waals surface area contributed by atoms with Crippen molar-refractivity contribution in [1.29, 1.82) is 0 Å². The first kappa shape index (κ1) is 33.9. The van der Waals surface area contributed by atoms with Gasteiger partial charge in [-0.2, -0.15) is 12.2 Å². The molecule has 2 unspecified atom stereocenters. The van der Waals surface area contributed by atoms with Crippen LogP contribution in [0.15, 0.2) is 34.4 Å². The standard InChI is InChI=1S/C24H40O2Si2.2ClH.Zr/c1-18(25-27(4,5)6)16-21-12-10-14-23(21)20(3)24-15-11-13-22(24)17-19(2)26-28(7,8)9;;;/h14-15,18-20H,10-11,16-17H2,1-9H3;2*1H;/q-2;;;+4/p-2. The number of hydrogen-bond acceptors (Lipinski definition) is 2. The normalized spacial score (nSPS) is 19.0. The summed E-state index contributed by atoms with van der Waals surface area (Å²) < 4.78 is 12.6. The molecule has 0 heterocycles. The molecule has 0 fully saturated rings. The Labute approximate surface area is 225 Å². The van der Waals surface area contributed by atoms with Crippen LogP contribution in [0.25, 0.3) is 0 Å². The van der Waals surface area contributed by atoms with E-state index in [4.69, 9.17) is 8.85 Å². The third-order valence-corrected chi connectivity index (χ3v) is 7.22. The summed E-state index contributed by atoms with van der Waals surface area (Å²) in [6, 6.07) is 0. The third kappa shape index (κ3) is 11.6. The van der Waals surface area contributed by atoms with Crippen molar-refractivity contribution in [2.75, 3.05) is 0 Å². The van der Waals surface area contributed by atoms with Crippen LogP contribution in [0.5, 0.6) is 0 Å². The molecule has 31 heavy (non-hydrogen) atoms. The molecule has 0 aromatic heterocycles. The maximum absolute atomic E-state index is 6.28. The average Bonchev–Trinajstić information content (AvgIpc) is 3.11. The topological polar surface area (TPSA) is 18.5 Å². The molecule has 2 rings (SSSR count). The summed E-state index contributed by atoms with van der Waals surface area (Å²) >= 11 is 0. The zero-order chi connectivity index (χ0) is 21.1. The van der Waals surface area contributed by atoms with Gasteiger partial charge in [-0.15, -0.1) is 18.8 Å². The van der Waals surface area contributed by atoms with E-state index >= 15 is 0 Å². The van der Waals surface area contributed by atoms with Gasteiger partial charge in [0.25, 0.3) is 0 Å². The monoisotopic (exact) mass is 576 g/mol. The Morgan fingerprint density at radius 2 is 1.06 bits per heavy atom. The quantitative estimate of drug-likeness (QED) is 0.285. The van der Waals surface area contributed by atoms with Gasteiger partial charge in [0, 0.05) is 12.2 Å². The minimum Gasteiger partial charge on any atom is -1.00 e. The van der Waals surface area contributed by atoms with Crippen molar-refractivity contribution in [3.05, 3.63) is 46.6 Å². The second-order valence-corrected chi connectivity index (χ2v) is 19.2. The van der Waals surface area contributed by atoms with Crippen LogP contribution in [0.1, 0.15) is 46.5 Å². The number of halogens is 2. The Bertz CT molecular complexity index is 631. The van der Waals surface area contributed by atoms with Gasteiger partial charge in [0.2, 0.25) is 0 Å². The van der Waals surface area contributed by atoms with Crippen molar-refractivity contribution in [2.45, 2.75) is 97.9 Å². The second kappa shape index (κ2) is 14.2. The molecule has 0 N–H and O–H groups in total. The van der Waals surface area contributed by atoms with Gasteiger partial charge in [-0.25, -0.2) is 22.3 Å². The van der Waals surface area contributed by atoms with E-state index in [9.17, 15) is 0 Å². The van der Waals surface area contributed by atoms with Crippen LogP contribution < -0.4 is 24.8 Å². The van der Waals surface area contributed by atoms with Gasteiger partial charge in [-0.1, -0.05) is 6.92 Å². The van der Waals surface area contributed by atoms with E-state index in [0.29, 0.717) is 5.92 Å². The molecule has 0 aromatic rings. The van der Waals surface area contributed by atoms with Crippen LogP contribution in [-0.4, -0.2) is 28.8 Å². The smallest absolute Gasteiger partial charge is 1.00 e. The van der Waals surface area contributed by atoms with Gasteiger partial charge in [-0.05, 0) is 66.0 Å². The van der Waals surface area contributed by atoms with Crippen LogP contribution in [0.3, 0.4) is 0 Å². The van der Waals surface area contributed by atoms with Crippen molar-refractivity contribution in [2.24, 2.45) is 5.92 Å². The molecule has 2 aliphatic rings. The minimum absolute atomic E-state index is 0. The third-order valence-electron chi connectivity index (χ3n) is 5.00. The molecule has 2 nitrogen and oxygen atoms in total. The summed E-state index contributed by atoms with van der Waals surface area (Å²) in [6.07, 6.45) is 16.2. The minimum atomic E-state index is -1.51. The number of allylic oxidation sites excluding steroid dienone is 6. The van der Waals surface area contributed by atoms with E-state index in [1.807, 2.05) is 0 Å². The molecule has 0 saturated carbocycles. The molecule has 0 bridgehead atoms. The summed E-state index contributed by atoms with van der Waals surface area (Å²) in [6.45, 7) is 20.3. The molecule has 0 aromatic carbocycles. The predicted molar refractivity (Wildman–Crippen MR) is 125 cm³/mol. The summed E-state index contributed by atoms with van der Waals surface area (Å²) in [5.74, 6) is 0.396. The first-order chi connectivity index (χ1) is 12.9. The Balaban J connectivity index is 0. The van der Waals surface area contributed by atoms with Gasteiger partial charge in [-0.3, -0.25) is 12.2 Å². The van der Waals surface area contributed by atoms with Crippen molar-refractivity contribution in [1.82, 2.24) is 0 Å². The van der Waals surface area contributed by atoms with Crippen molar-refractivity contribution in [3.8, 4) is 0 Å². The van der Waals surface area contributed by atoms with Gasteiger partial charge in [0.15, 0.2) is 16.6 Å². The molecule has 2 atom stereocenters. The summed E-state index contributed by atoms with van der Waals surface area (Å²) in [4.78, 5) is 0. The van der Waals surface area contributed by atoms with Crippen molar-refractivity contribution in [3.63, 3.8) is 0 Å². The van der Waals surface area contributed by atoms with E-state index in [1.165, 1.54) is 22.3 Å². The average molecular weight is 579 g/mol. The zero-order valence-corrected chi connectivity index (χ0v) is 26.8. The summed E-state index contributed by atoms with van der Waals surface area (Å²) in [7, 11) is -3.03. The molecule has 2 aliphatic carbocycles. The van der Waals surface area contributed by atoms with Gasteiger partial charge in [0.05, 0.1) is 0 Å². The molecule has 0 spiro atoms. The van der Waals surface area contributed by atoms with Gasteiger partial charge < -0.3 is 33.7 Å². The van der Waals surface area contributed by atoms with Crippen LogP contribution in [0.2, 0.25) is 39.3 Å². The first-order valence-corrected chi connectivity index (χ1v) is 17.6. The summed E-state index contributed by atoms with van der Waals surface area (Å²) in [5.41, 5.74) is 5.60. The Morgan fingerprint density at radius 1 is 0.742 bits per heavy atom. The maximum Gasteiger partial charge on any atom is 4.00 e. The van der Waals surface area contributed by atoms with Crippen LogP contribution in [-0.2, 0) is 35.1 Å². The van der Waals surface area contributed by atoms with Crippen LogP contribution in [0, 0.1) is 18.1 Å². The van der Waals surface area contributed by atoms with Crippen LogP contribution in [0.4, 0.5) is 0 Å². The molecule has 0 radical (unpaired) electrons. The Morgan fingerprint density at radius 3 is 1.35 bits per heavy atom. The van der Waals surface area contributed by atoms with Crippen molar-refractivity contribution < 1.29 is 59.9 Å². The molecule has 0 amide bonds. The molecule has 0 saturated heterocycles. The van der Waals surface area contributed by atoms with E-state index < -0.39 is 16.6 Å². The summed E-state index contributed by atoms with van der Waals surface area (Å²) in [5, 5.41) is 0.